The van der Waals surface area contributed by atoms with Crippen molar-refractivity contribution in [2.45, 2.75) is 38.6 Å². The first-order valence-electron chi connectivity index (χ1n) is 8.04. The fourth-order valence-corrected chi connectivity index (χ4v) is 3.35. The summed E-state index contributed by atoms with van der Waals surface area (Å²) in [5, 5.41) is 0. The molecule has 1 aliphatic heterocycles. The summed E-state index contributed by atoms with van der Waals surface area (Å²) < 4.78 is 12.9. The molecule has 120 valence electrons. The highest BCUT2D eigenvalue weighted by atomic mass is 19.1. The Kier molecular flexibility index (Phi) is 3.97. The predicted octanol–water partition coefficient (Wildman–Crippen LogP) is 5.30. The zero-order chi connectivity index (χ0) is 16.6. The van der Waals surface area contributed by atoms with Gasteiger partial charge in [0.1, 0.15) is 5.82 Å². The number of aliphatic imine (C=N–C) groups is 1. The Morgan fingerprint density at radius 3 is 2.57 bits per heavy atom. The van der Waals surface area contributed by atoms with Crippen LogP contribution in [-0.2, 0) is 0 Å². The molecule has 0 amide bonds. The van der Waals surface area contributed by atoms with E-state index in [2.05, 4.69) is 55.9 Å². The lowest BCUT2D eigenvalue weighted by Gasteiger charge is -2.45. The number of halogens is 1. The van der Waals surface area contributed by atoms with Gasteiger partial charge in [-0.3, -0.25) is 4.99 Å². The van der Waals surface area contributed by atoms with Crippen LogP contribution in [0.3, 0.4) is 0 Å². The van der Waals surface area contributed by atoms with E-state index >= 15 is 0 Å². The smallest absolute Gasteiger partial charge is 0.123 e. The summed E-state index contributed by atoms with van der Waals surface area (Å²) in [4.78, 5) is 6.80. The molecule has 23 heavy (non-hydrogen) atoms. The number of rotatable bonds is 2. The van der Waals surface area contributed by atoms with E-state index in [1.54, 1.807) is 12.1 Å². The normalized spacial score (nSPS) is 19.9. The summed E-state index contributed by atoms with van der Waals surface area (Å²) in [6, 6.07) is 12.7. The molecule has 1 heterocycles. The first kappa shape index (κ1) is 15.7. The van der Waals surface area contributed by atoms with Crippen LogP contribution in [0.4, 0.5) is 15.8 Å². The van der Waals surface area contributed by atoms with Crippen molar-refractivity contribution in [3.8, 4) is 0 Å². The molecule has 0 spiro atoms. The number of hydrogen-bond acceptors (Lipinski definition) is 2. The first-order valence-corrected chi connectivity index (χ1v) is 8.04. The van der Waals surface area contributed by atoms with E-state index in [4.69, 9.17) is 0 Å². The first-order chi connectivity index (χ1) is 10.9. The highest BCUT2D eigenvalue weighted by Gasteiger charge is 2.33. The number of hydrogen-bond donors (Lipinski definition) is 0. The van der Waals surface area contributed by atoms with Crippen molar-refractivity contribution in [2.24, 2.45) is 4.99 Å². The van der Waals surface area contributed by atoms with Crippen LogP contribution in [0, 0.1) is 5.82 Å². The second kappa shape index (κ2) is 5.80. The highest BCUT2D eigenvalue weighted by Crippen LogP contribution is 2.42. The molecule has 0 aliphatic carbocycles. The van der Waals surface area contributed by atoms with Gasteiger partial charge in [0.15, 0.2) is 0 Å². The van der Waals surface area contributed by atoms with E-state index in [0.29, 0.717) is 5.92 Å². The Morgan fingerprint density at radius 2 is 1.87 bits per heavy atom. The quantitative estimate of drug-likeness (QED) is 0.687. The van der Waals surface area contributed by atoms with Crippen LogP contribution in [0.25, 0.3) is 0 Å². The lowest BCUT2D eigenvalue weighted by Crippen LogP contribution is -2.45. The monoisotopic (exact) mass is 310 g/mol. The SMILES string of the molecule is C[C@@H]1CC(C)(C)N(C)c2ccc(C=Nc3ccc(F)cc3)cc21. The van der Waals surface area contributed by atoms with Crippen LogP contribution in [-0.4, -0.2) is 18.8 Å². The van der Waals surface area contributed by atoms with E-state index in [9.17, 15) is 4.39 Å². The van der Waals surface area contributed by atoms with E-state index in [1.165, 1.54) is 23.4 Å². The number of benzene rings is 2. The van der Waals surface area contributed by atoms with Crippen LogP contribution in [0.15, 0.2) is 47.5 Å². The molecular weight excluding hydrogens is 287 g/mol. The molecule has 0 saturated heterocycles. The number of anilines is 1. The Morgan fingerprint density at radius 1 is 1.17 bits per heavy atom. The van der Waals surface area contributed by atoms with Crippen LogP contribution >= 0.6 is 0 Å². The van der Waals surface area contributed by atoms with Crippen molar-refractivity contribution in [2.75, 3.05) is 11.9 Å². The molecule has 2 nitrogen and oxygen atoms in total. The van der Waals surface area contributed by atoms with Gasteiger partial charge in [0.2, 0.25) is 0 Å². The van der Waals surface area contributed by atoms with Gasteiger partial charge in [-0.1, -0.05) is 13.0 Å². The largest absolute Gasteiger partial charge is 0.369 e. The zero-order valence-electron chi connectivity index (χ0n) is 14.2. The van der Waals surface area contributed by atoms with Crippen LogP contribution in [0.2, 0.25) is 0 Å². The lowest BCUT2D eigenvalue weighted by atomic mass is 9.80. The summed E-state index contributed by atoms with van der Waals surface area (Å²) in [5.41, 5.74) is 4.68. The Labute approximate surface area is 137 Å². The molecule has 3 heteroatoms. The molecule has 2 aromatic carbocycles. The lowest BCUT2D eigenvalue weighted by molar-refractivity contribution is 0.395. The second-order valence-electron chi connectivity index (χ2n) is 7.03. The summed E-state index contributed by atoms with van der Waals surface area (Å²) in [6.45, 7) is 6.86. The predicted molar refractivity (Wildman–Crippen MR) is 95.6 cm³/mol. The Balaban J connectivity index is 1.89. The van der Waals surface area contributed by atoms with Gasteiger partial charge in [-0.15, -0.1) is 0 Å². The fraction of sp³-hybridized carbons (Fsp3) is 0.350. The topological polar surface area (TPSA) is 15.6 Å². The van der Waals surface area contributed by atoms with E-state index in [1.807, 2.05) is 6.21 Å². The van der Waals surface area contributed by atoms with Crippen molar-refractivity contribution in [1.82, 2.24) is 0 Å². The maximum atomic E-state index is 12.9. The zero-order valence-corrected chi connectivity index (χ0v) is 14.2. The maximum absolute atomic E-state index is 12.9. The van der Waals surface area contributed by atoms with E-state index in [-0.39, 0.29) is 11.4 Å². The molecular formula is C20H23FN2. The number of nitrogens with zero attached hydrogens (tertiary/aromatic N) is 2. The summed E-state index contributed by atoms with van der Waals surface area (Å²) >= 11 is 0. The van der Waals surface area contributed by atoms with Gasteiger partial charge in [0.25, 0.3) is 0 Å². The van der Waals surface area contributed by atoms with E-state index < -0.39 is 0 Å². The molecule has 0 radical (unpaired) electrons. The van der Waals surface area contributed by atoms with Gasteiger partial charge < -0.3 is 4.90 Å². The average Bonchev–Trinajstić information content (AvgIpc) is 2.52. The third-order valence-electron chi connectivity index (χ3n) is 4.85. The van der Waals surface area contributed by atoms with Crippen LogP contribution in [0.1, 0.15) is 44.2 Å². The minimum absolute atomic E-state index is 0.177. The molecule has 1 atom stereocenters. The van der Waals surface area contributed by atoms with Crippen molar-refractivity contribution in [3.63, 3.8) is 0 Å². The molecule has 0 unspecified atom stereocenters. The van der Waals surface area contributed by atoms with Gasteiger partial charge >= 0.3 is 0 Å². The molecule has 0 saturated carbocycles. The molecule has 2 aromatic rings. The maximum Gasteiger partial charge on any atom is 0.123 e. The Bertz CT molecular complexity index is 732. The van der Waals surface area contributed by atoms with E-state index in [0.717, 1.165) is 17.7 Å². The van der Waals surface area contributed by atoms with Gasteiger partial charge in [-0.25, -0.2) is 4.39 Å². The fourth-order valence-electron chi connectivity index (χ4n) is 3.35. The van der Waals surface area contributed by atoms with Crippen molar-refractivity contribution in [1.29, 1.82) is 0 Å². The van der Waals surface area contributed by atoms with Crippen molar-refractivity contribution >= 4 is 17.6 Å². The third kappa shape index (κ3) is 3.14. The molecule has 0 N–H and O–H groups in total. The van der Waals surface area contributed by atoms with Crippen LogP contribution in [0.5, 0.6) is 0 Å². The van der Waals surface area contributed by atoms with Crippen LogP contribution < -0.4 is 4.90 Å². The van der Waals surface area contributed by atoms with Gasteiger partial charge in [-0.05, 0) is 73.7 Å². The van der Waals surface area contributed by atoms with Crippen molar-refractivity contribution in [3.05, 3.63) is 59.4 Å². The van der Waals surface area contributed by atoms with Crippen molar-refractivity contribution < 1.29 is 4.39 Å². The average molecular weight is 310 g/mol. The molecule has 3 rings (SSSR count). The summed E-state index contributed by atoms with van der Waals surface area (Å²) in [5.74, 6) is 0.285. The minimum Gasteiger partial charge on any atom is -0.369 e. The third-order valence-corrected chi connectivity index (χ3v) is 4.85. The standard InChI is InChI=1S/C20H23FN2/c1-14-12-20(2,3)23(4)19-10-5-15(11-18(14)19)13-22-17-8-6-16(21)7-9-17/h5-11,13-14H,12H2,1-4H3/t14-/m1/s1. The van der Waals surface area contributed by atoms with Gasteiger partial charge in [-0.2, -0.15) is 0 Å². The Hall–Kier alpha value is -2.16. The molecule has 1 aliphatic rings. The summed E-state index contributed by atoms with van der Waals surface area (Å²) in [7, 11) is 2.16. The highest BCUT2D eigenvalue weighted by molar-refractivity contribution is 5.83. The summed E-state index contributed by atoms with van der Waals surface area (Å²) in [6.07, 6.45) is 2.98. The van der Waals surface area contributed by atoms with Gasteiger partial charge in [0, 0.05) is 24.5 Å². The minimum atomic E-state index is -0.239. The van der Waals surface area contributed by atoms with Gasteiger partial charge in [0.05, 0.1) is 5.69 Å². The molecule has 0 fully saturated rings. The second-order valence-corrected chi connectivity index (χ2v) is 7.03. The molecule has 0 bridgehead atoms. The molecule has 0 aromatic heterocycles. The number of fused-ring (bicyclic) bond motifs is 1.